The van der Waals surface area contributed by atoms with Crippen molar-refractivity contribution in [2.24, 2.45) is 0 Å². The smallest absolute Gasteiger partial charge is 0.412 e. The number of hydrogen-bond donors (Lipinski definition) is 2. The van der Waals surface area contributed by atoms with Gasteiger partial charge in [0.2, 0.25) is 11.7 Å². The molecule has 3 aromatic carbocycles. The van der Waals surface area contributed by atoms with Gasteiger partial charge in [-0.2, -0.15) is 9.97 Å². The van der Waals surface area contributed by atoms with E-state index in [0.29, 0.717) is 37.7 Å². The highest BCUT2D eigenvalue weighted by atomic mass is 32.2. The average molecular weight is 702 g/mol. The molecule has 13 nitrogen and oxygen atoms in total. The van der Waals surface area contributed by atoms with E-state index in [4.69, 9.17) is 23.7 Å². The van der Waals surface area contributed by atoms with Crippen LogP contribution < -0.4 is 29.1 Å². The number of nitrogens with one attached hydrogen (secondary N) is 2. The van der Waals surface area contributed by atoms with Gasteiger partial charge in [0.05, 0.1) is 25.2 Å². The predicted octanol–water partition coefficient (Wildman–Crippen LogP) is 5.84. The lowest BCUT2D eigenvalue weighted by atomic mass is 9.87. The molecule has 1 fully saturated rings. The molecule has 0 radical (unpaired) electrons. The van der Waals surface area contributed by atoms with Crippen molar-refractivity contribution in [1.82, 2.24) is 9.97 Å². The Balaban J connectivity index is 1.47. The zero-order valence-electron chi connectivity index (χ0n) is 28.3. The van der Waals surface area contributed by atoms with E-state index in [1.807, 2.05) is 37.8 Å². The van der Waals surface area contributed by atoms with Gasteiger partial charge in [-0.1, -0.05) is 75.1 Å². The molecule has 1 aliphatic rings. The van der Waals surface area contributed by atoms with Crippen LogP contribution >= 0.6 is 0 Å². The zero-order valence-corrected chi connectivity index (χ0v) is 29.1. The van der Waals surface area contributed by atoms with Crippen molar-refractivity contribution in [2.45, 2.75) is 31.1 Å². The molecule has 2 heterocycles. The van der Waals surface area contributed by atoms with Gasteiger partial charge in [0.1, 0.15) is 0 Å². The standard InChI is InChI=1S/C36H39N5O8S/c1-36(2,3)26-13-12-16-28(25-26)50(43,44)40-32-31(49-30-18-9-8-17-29(30)45-4)33(39-34(38-32)41-19-23-46-24-20-41)47-21-10-11-22-48-35(42)37-27-14-6-5-7-15-27/h5-9,12-18,25H,19-24H2,1-4H3,(H,37,42)(H,38,39,40). The Morgan fingerprint density at radius 3 is 2.34 bits per heavy atom. The number of carbonyl (C=O) groups excluding carboxylic acids is 1. The van der Waals surface area contributed by atoms with Crippen molar-refractivity contribution in [3.05, 3.63) is 84.4 Å². The van der Waals surface area contributed by atoms with Gasteiger partial charge in [-0.05, 0) is 47.4 Å². The number of anilines is 3. The number of methoxy groups -OCH3 is 1. The third-order valence-electron chi connectivity index (χ3n) is 7.34. The summed E-state index contributed by atoms with van der Waals surface area (Å²) in [4.78, 5) is 23.2. The molecule has 0 saturated carbocycles. The maximum Gasteiger partial charge on any atom is 0.412 e. The highest BCUT2D eigenvalue weighted by Crippen LogP contribution is 2.41. The van der Waals surface area contributed by atoms with E-state index < -0.39 is 16.1 Å². The van der Waals surface area contributed by atoms with E-state index in [1.54, 1.807) is 60.7 Å². The van der Waals surface area contributed by atoms with Gasteiger partial charge >= 0.3 is 6.09 Å². The number of para-hydroxylation sites is 3. The summed E-state index contributed by atoms with van der Waals surface area (Å²) in [6.07, 6.45) is -0.658. The highest BCUT2D eigenvalue weighted by Gasteiger charge is 2.28. The molecule has 262 valence electrons. The van der Waals surface area contributed by atoms with Crippen LogP contribution in [0.3, 0.4) is 0 Å². The Bertz CT molecular complexity index is 1950. The van der Waals surface area contributed by atoms with Crippen molar-refractivity contribution >= 4 is 33.6 Å². The molecule has 0 aliphatic carbocycles. The lowest BCUT2D eigenvalue weighted by Gasteiger charge is -2.28. The molecule has 1 saturated heterocycles. The Kier molecular flexibility index (Phi) is 11.6. The van der Waals surface area contributed by atoms with Crippen molar-refractivity contribution in [3.8, 4) is 35.0 Å². The molecule has 0 spiro atoms. The number of ether oxygens (including phenoxy) is 5. The monoisotopic (exact) mass is 701 g/mol. The van der Waals surface area contributed by atoms with E-state index in [9.17, 15) is 13.2 Å². The number of hydrogen-bond acceptors (Lipinski definition) is 11. The van der Waals surface area contributed by atoms with Crippen LogP contribution in [-0.2, 0) is 24.9 Å². The number of amides is 1. The van der Waals surface area contributed by atoms with Gasteiger partial charge in [-0.3, -0.25) is 10.0 Å². The fraction of sp³-hybridized carbons (Fsp3) is 0.306. The predicted molar refractivity (Wildman–Crippen MR) is 189 cm³/mol. The minimum absolute atomic E-state index is 0.0457. The van der Waals surface area contributed by atoms with Gasteiger partial charge < -0.3 is 28.6 Å². The van der Waals surface area contributed by atoms with Gasteiger partial charge in [0, 0.05) is 18.8 Å². The number of carbonyl (C=O) groups is 1. The van der Waals surface area contributed by atoms with E-state index >= 15 is 0 Å². The molecule has 1 amide bonds. The summed E-state index contributed by atoms with van der Waals surface area (Å²) in [6.45, 7) is 7.40. The minimum atomic E-state index is -4.19. The Labute approximate surface area is 291 Å². The van der Waals surface area contributed by atoms with Crippen LogP contribution in [0.4, 0.5) is 22.2 Å². The van der Waals surface area contributed by atoms with Gasteiger partial charge in [0.25, 0.3) is 15.9 Å². The lowest BCUT2D eigenvalue weighted by Crippen LogP contribution is -2.37. The molecule has 5 rings (SSSR count). The molecule has 4 aromatic rings. The molecule has 1 aliphatic heterocycles. The number of sulfonamides is 1. The summed E-state index contributed by atoms with van der Waals surface area (Å²) in [5.41, 5.74) is 1.14. The molecule has 14 heteroatoms. The van der Waals surface area contributed by atoms with Crippen LogP contribution in [0.5, 0.6) is 23.1 Å². The second-order valence-electron chi connectivity index (χ2n) is 12.0. The van der Waals surface area contributed by atoms with Gasteiger partial charge in [0.15, 0.2) is 30.5 Å². The molecular formula is C36H39N5O8S. The minimum Gasteiger partial charge on any atom is -0.493 e. The van der Waals surface area contributed by atoms with Crippen LogP contribution in [0.25, 0.3) is 0 Å². The fourth-order valence-electron chi connectivity index (χ4n) is 4.70. The molecule has 1 aromatic heterocycles. The SMILES string of the molecule is COc1ccccc1Oc1c(NS(=O)(=O)c2cccc(C(C)(C)C)c2)nc(N2CCOCC2)nc1OCC#CCOC(=O)Nc1ccccc1. The first-order valence-corrected chi connectivity index (χ1v) is 17.3. The van der Waals surface area contributed by atoms with Crippen molar-refractivity contribution < 1.29 is 36.9 Å². The van der Waals surface area contributed by atoms with Crippen molar-refractivity contribution in [2.75, 3.05) is 61.6 Å². The Hall–Kier alpha value is -5.52. The van der Waals surface area contributed by atoms with Crippen LogP contribution in [0.1, 0.15) is 26.3 Å². The summed E-state index contributed by atoms with van der Waals surface area (Å²) in [6, 6.07) is 22.4. The number of benzene rings is 3. The Morgan fingerprint density at radius 1 is 0.920 bits per heavy atom. The number of aromatic nitrogens is 2. The van der Waals surface area contributed by atoms with Crippen LogP contribution in [0, 0.1) is 11.8 Å². The maximum atomic E-state index is 13.9. The topological polar surface area (TPSA) is 150 Å². The second kappa shape index (κ2) is 16.3. The summed E-state index contributed by atoms with van der Waals surface area (Å²) < 4.78 is 58.8. The fourth-order valence-corrected chi connectivity index (χ4v) is 5.75. The van der Waals surface area contributed by atoms with Crippen molar-refractivity contribution in [3.63, 3.8) is 0 Å². The summed E-state index contributed by atoms with van der Waals surface area (Å²) in [7, 11) is -2.70. The Morgan fingerprint density at radius 2 is 1.62 bits per heavy atom. The average Bonchev–Trinajstić information content (AvgIpc) is 3.11. The van der Waals surface area contributed by atoms with Crippen LogP contribution in [0.2, 0.25) is 0 Å². The highest BCUT2D eigenvalue weighted by molar-refractivity contribution is 7.92. The third kappa shape index (κ3) is 9.55. The lowest BCUT2D eigenvalue weighted by molar-refractivity contribution is 0.122. The molecule has 0 unspecified atom stereocenters. The second-order valence-corrected chi connectivity index (χ2v) is 13.6. The quantitative estimate of drug-likeness (QED) is 0.182. The summed E-state index contributed by atoms with van der Waals surface area (Å²) >= 11 is 0. The van der Waals surface area contributed by atoms with Crippen LogP contribution in [0.15, 0.2) is 83.8 Å². The largest absolute Gasteiger partial charge is 0.493 e. The molecule has 0 atom stereocenters. The van der Waals surface area contributed by atoms with E-state index in [1.165, 1.54) is 13.2 Å². The maximum absolute atomic E-state index is 13.9. The zero-order chi connectivity index (χ0) is 35.6. The van der Waals surface area contributed by atoms with Gasteiger partial charge in [-0.15, -0.1) is 0 Å². The first-order valence-electron chi connectivity index (χ1n) is 15.8. The van der Waals surface area contributed by atoms with Gasteiger partial charge in [-0.25, -0.2) is 13.2 Å². The third-order valence-corrected chi connectivity index (χ3v) is 8.68. The van der Waals surface area contributed by atoms with Crippen molar-refractivity contribution in [1.29, 1.82) is 0 Å². The summed E-state index contributed by atoms with van der Waals surface area (Å²) in [5.74, 6) is 6.02. The first-order chi connectivity index (χ1) is 24.0. The molecule has 50 heavy (non-hydrogen) atoms. The molecule has 2 N–H and O–H groups in total. The number of morpholine rings is 1. The van der Waals surface area contributed by atoms with E-state index in [2.05, 4.69) is 31.8 Å². The first kappa shape index (κ1) is 35.8. The van der Waals surface area contributed by atoms with E-state index in [-0.39, 0.29) is 52.7 Å². The number of nitrogens with zero attached hydrogens (tertiary/aromatic N) is 3. The number of rotatable bonds is 11. The summed E-state index contributed by atoms with van der Waals surface area (Å²) in [5, 5.41) is 2.61. The van der Waals surface area contributed by atoms with E-state index in [0.717, 1.165) is 5.56 Å². The van der Waals surface area contributed by atoms with Crippen LogP contribution in [-0.4, -0.2) is 71.1 Å². The molecule has 0 bridgehead atoms. The normalized spacial score (nSPS) is 13.0. The molecular weight excluding hydrogens is 662 g/mol.